The Kier molecular flexibility index (Phi) is 4.40. The molecule has 0 aromatic rings. The minimum Gasteiger partial charge on any atom is -0.465 e. The number of nitrogens with zero attached hydrogens (tertiary/aromatic N) is 1. The maximum absolute atomic E-state index is 11.5. The number of esters is 1. The Balaban J connectivity index is 1.84. The average Bonchev–Trinajstić information content (AvgIpc) is 2.73. The predicted molar refractivity (Wildman–Crippen MR) is 66.5 cm³/mol. The van der Waals surface area contributed by atoms with Crippen molar-refractivity contribution in [2.45, 2.75) is 51.1 Å². The third-order valence-corrected chi connectivity index (χ3v) is 4.15. The highest BCUT2D eigenvalue weighted by molar-refractivity contribution is 5.75. The molecular weight excluding hydrogens is 216 g/mol. The van der Waals surface area contributed by atoms with Crippen LogP contribution < -0.4 is 5.73 Å². The zero-order valence-electron chi connectivity index (χ0n) is 10.7. The molecule has 2 aliphatic rings. The summed E-state index contributed by atoms with van der Waals surface area (Å²) in [6, 6.07) is 0.194. The summed E-state index contributed by atoms with van der Waals surface area (Å²) < 4.78 is 4.96. The molecule has 2 N–H and O–H groups in total. The van der Waals surface area contributed by atoms with Crippen LogP contribution in [0.3, 0.4) is 0 Å². The van der Waals surface area contributed by atoms with Crippen molar-refractivity contribution < 1.29 is 9.53 Å². The largest absolute Gasteiger partial charge is 0.465 e. The van der Waals surface area contributed by atoms with Gasteiger partial charge in [-0.3, -0.25) is 9.69 Å². The fourth-order valence-corrected chi connectivity index (χ4v) is 3.31. The van der Waals surface area contributed by atoms with E-state index >= 15 is 0 Å². The van der Waals surface area contributed by atoms with E-state index in [4.69, 9.17) is 10.5 Å². The first-order chi connectivity index (χ1) is 8.22. The van der Waals surface area contributed by atoms with Gasteiger partial charge in [0.25, 0.3) is 0 Å². The van der Waals surface area contributed by atoms with Crippen LogP contribution in [0.1, 0.15) is 39.0 Å². The van der Waals surface area contributed by atoms with Crippen molar-refractivity contribution in [3.63, 3.8) is 0 Å². The second-order valence-electron chi connectivity index (χ2n) is 5.25. The topological polar surface area (TPSA) is 55.6 Å². The van der Waals surface area contributed by atoms with Crippen molar-refractivity contribution in [1.29, 1.82) is 0 Å². The summed E-state index contributed by atoms with van der Waals surface area (Å²) in [5.74, 6) is 0.588. The molecule has 3 unspecified atom stereocenters. The molecule has 3 atom stereocenters. The van der Waals surface area contributed by atoms with Crippen LogP contribution in [0, 0.1) is 5.92 Å². The van der Waals surface area contributed by atoms with E-state index in [-0.39, 0.29) is 5.97 Å². The fourth-order valence-electron chi connectivity index (χ4n) is 3.31. The Morgan fingerprint density at radius 1 is 1.41 bits per heavy atom. The maximum atomic E-state index is 11.5. The monoisotopic (exact) mass is 240 g/mol. The first-order valence-corrected chi connectivity index (χ1v) is 6.88. The van der Waals surface area contributed by atoms with E-state index in [9.17, 15) is 4.79 Å². The van der Waals surface area contributed by atoms with Crippen molar-refractivity contribution in [2.24, 2.45) is 11.7 Å². The summed E-state index contributed by atoms with van der Waals surface area (Å²) in [5.41, 5.74) is 5.89. The van der Waals surface area contributed by atoms with Gasteiger partial charge in [0.2, 0.25) is 0 Å². The van der Waals surface area contributed by atoms with E-state index < -0.39 is 6.04 Å². The molecule has 1 heterocycles. The van der Waals surface area contributed by atoms with Crippen molar-refractivity contribution in [3.8, 4) is 0 Å². The van der Waals surface area contributed by atoms with Crippen LogP contribution in [0.2, 0.25) is 0 Å². The third kappa shape index (κ3) is 2.99. The standard InChI is InChI=1S/C13H24N2O2/c1-2-17-13(16)11(14)9-15-8-7-10-5-3-4-6-12(10)15/h10-12H,2-9,14H2,1H3. The Morgan fingerprint density at radius 2 is 2.18 bits per heavy atom. The Labute approximate surface area is 103 Å². The third-order valence-electron chi connectivity index (χ3n) is 4.15. The highest BCUT2D eigenvalue weighted by Gasteiger charge is 2.36. The molecule has 1 aliphatic carbocycles. The summed E-state index contributed by atoms with van der Waals surface area (Å²) >= 11 is 0. The minimum atomic E-state index is -0.476. The van der Waals surface area contributed by atoms with Gasteiger partial charge >= 0.3 is 5.97 Å². The molecule has 1 aliphatic heterocycles. The van der Waals surface area contributed by atoms with E-state index in [1.54, 1.807) is 0 Å². The van der Waals surface area contributed by atoms with Gasteiger partial charge in [-0.1, -0.05) is 12.8 Å². The van der Waals surface area contributed by atoms with Crippen molar-refractivity contribution in [3.05, 3.63) is 0 Å². The van der Waals surface area contributed by atoms with Crippen LogP contribution in [0.15, 0.2) is 0 Å². The minimum absolute atomic E-state index is 0.258. The molecule has 98 valence electrons. The zero-order chi connectivity index (χ0) is 12.3. The van der Waals surface area contributed by atoms with E-state index in [0.717, 1.165) is 12.5 Å². The van der Waals surface area contributed by atoms with E-state index in [1.807, 2.05) is 6.92 Å². The number of hydrogen-bond donors (Lipinski definition) is 1. The number of fused-ring (bicyclic) bond motifs is 1. The van der Waals surface area contributed by atoms with Crippen molar-refractivity contribution in [1.82, 2.24) is 4.90 Å². The van der Waals surface area contributed by atoms with Crippen LogP contribution in [0.4, 0.5) is 0 Å². The summed E-state index contributed by atoms with van der Waals surface area (Å²) in [6.45, 7) is 4.00. The quantitative estimate of drug-likeness (QED) is 0.749. The number of hydrogen-bond acceptors (Lipinski definition) is 4. The fraction of sp³-hybridized carbons (Fsp3) is 0.923. The summed E-state index contributed by atoms with van der Waals surface area (Å²) in [5, 5.41) is 0. The molecule has 17 heavy (non-hydrogen) atoms. The molecule has 1 saturated carbocycles. The highest BCUT2D eigenvalue weighted by atomic mass is 16.5. The molecule has 0 bridgehead atoms. The molecule has 0 radical (unpaired) electrons. The second-order valence-corrected chi connectivity index (χ2v) is 5.25. The van der Waals surface area contributed by atoms with Gasteiger partial charge in [0, 0.05) is 12.6 Å². The first kappa shape index (κ1) is 12.8. The molecular formula is C13H24N2O2. The Bertz CT molecular complexity index is 270. The highest BCUT2D eigenvalue weighted by Crippen LogP contribution is 2.35. The van der Waals surface area contributed by atoms with Gasteiger partial charge in [0.05, 0.1) is 6.61 Å². The van der Waals surface area contributed by atoms with Crippen molar-refractivity contribution in [2.75, 3.05) is 19.7 Å². The lowest BCUT2D eigenvalue weighted by Gasteiger charge is -2.32. The smallest absolute Gasteiger partial charge is 0.324 e. The van der Waals surface area contributed by atoms with Gasteiger partial charge in [0.15, 0.2) is 0 Å². The van der Waals surface area contributed by atoms with Gasteiger partial charge in [-0.15, -0.1) is 0 Å². The summed E-state index contributed by atoms with van der Waals surface area (Å²) in [6.07, 6.45) is 6.61. The molecule has 1 saturated heterocycles. The first-order valence-electron chi connectivity index (χ1n) is 6.88. The van der Waals surface area contributed by atoms with E-state index in [1.165, 1.54) is 32.1 Å². The van der Waals surface area contributed by atoms with Gasteiger partial charge < -0.3 is 10.5 Å². The number of carbonyl (C=O) groups is 1. The normalized spacial score (nSPS) is 30.9. The molecule has 0 amide bonds. The average molecular weight is 240 g/mol. The van der Waals surface area contributed by atoms with Gasteiger partial charge in [-0.2, -0.15) is 0 Å². The van der Waals surface area contributed by atoms with E-state index in [2.05, 4.69) is 4.90 Å². The lowest BCUT2D eigenvalue weighted by Crippen LogP contribution is -2.46. The molecule has 0 aromatic heterocycles. The molecule has 4 nitrogen and oxygen atoms in total. The van der Waals surface area contributed by atoms with Crippen LogP contribution in [0.25, 0.3) is 0 Å². The molecule has 0 aromatic carbocycles. The van der Waals surface area contributed by atoms with E-state index in [0.29, 0.717) is 19.2 Å². The maximum Gasteiger partial charge on any atom is 0.324 e. The SMILES string of the molecule is CCOC(=O)C(N)CN1CCC2CCCCC21. The zero-order valence-corrected chi connectivity index (χ0v) is 10.7. The lowest BCUT2D eigenvalue weighted by atomic mass is 9.85. The molecule has 2 fully saturated rings. The molecule has 0 spiro atoms. The van der Waals surface area contributed by atoms with Gasteiger partial charge in [-0.25, -0.2) is 0 Å². The lowest BCUT2D eigenvalue weighted by molar-refractivity contribution is -0.145. The number of ether oxygens (including phenoxy) is 1. The summed E-state index contributed by atoms with van der Waals surface area (Å²) in [4.78, 5) is 13.9. The predicted octanol–water partition coefficient (Wildman–Crippen LogP) is 1.14. The van der Waals surface area contributed by atoms with Crippen molar-refractivity contribution >= 4 is 5.97 Å². The number of likely N-dealkylation sites (tertiary alicyclic amines) is 1. The number of carbonyl (C=O) groups excluding carboxylic acids is 1. The van der Waals surface area contributed by atoms with Crippen LogP contribution >= 0.6 is 0 Å². The number of rotatable bonds is 4. The molecule has 2 rings (SSSR count). The Morgan fingerprint density at radius 3 is 2.94 bits per heavy atom. The van der Waals surface area contributed by atoms with Crippen LogP contribution in [0.5, 0.6) is 0 Å². The van der Waals surface area contributed by atoms with Gasteiger partial charge in [-0.05, 0) is 38.6 Å². The van der Waals surface area contributed by atoms with Crippen LogP contribution in [-0.4, -0.2) is 42.6 Å². The number of nitrogens with two attached hydrogens (primary N) is 1. The second kappa shape index (κ2) is 5.83. The summed E-state index contributed by atoms with van der Waals surface area (Å²) in [7, 11) is 0. The van der Waals surface area contributed by atoms with Crippen LogP contribution in [-0.2, 0) is 9.53 Å². The van der Waals surface area contributed by atoms with Gasteiger partial charge in [0.1, 0.15) is 6.04 Å². The Hall–Kier alpha value is -0.610. The molecule has 4 heteroatoms.